The molecule has 2 aromatic carbocycles. The van der Waals surface area contributed by atoms with Crippen molar-refractivity contribution in [2.45, 2.75) is 32.9 Å². The number of rotatable bonds is 6. The first-order valence-corrected chi connectivity index (χ1v) is 8.45. The van der Waals surface area contributed by atoms with Gasteiger partial charge in [-0.25, -0.2) is 4.79 Å². The van der Waals surface area contributed by atoms with Crippen LogP contribution in [-0.4, -0.2) is 29.7 Å². The van der Waals surface area contributed by atoms with E-state index in [1.165, 1.54) is 0 Å². The van der Waals surface area contributed by atoms with Crippen LogP contribution in [0.4, 0.5) is 16.2 Å². The first kappa shape index (κ1) is 18.6. The summed E-state index contributed by atoms with van der Waals surface area (Å²) in [6.45, 7) is 7.21. The highest BCUT2D eigenvalue weighted by Gasteiger charge is 2.22. The number of carbonyl (C=O) groups excluding carboxylic acids is 1. The molecule has 0 unspecified atom stereocenters. The van der Waals surface area contributed by atoms with E-state index in [1.807, 2.05) is 75.4 Å². The van der Waals surface area contributed by atoms with Crippen LogP contribution in [0.2, 0.25) is 0 Å². The van der Waals surface area contributed by atoms with E-state index in [-0.39, 0.29) is 6.09 Å². The van der Waals surface area contributed by atoms with Crippen LogP contribution in [0.5, 0.6) is 0 Å². The number of nitrogens with one attached hydrogen (secondary N) is 1. The van der Waals surface area contributed by atoms with Gasteiger partial charge in [-0.3, -0.25) is 0 Å². The summed E-state index contributed by atoms with van der Waals surface area (Å²) < 4.78 is 5.53. The highest BCUT2D eigenvalue weighted by Crippen LogP contribution is 2.17. The molecule has 0 aliphatic carbocycles. The van der Waals surface area contributed by atoms with Crippen molar-refractivity contribution >= 4 is 17.5 Å². The topological polar surface area (TPSA) is 67.6 Å². The standard InChI is InChI=1S/C20H27N3O2/c1-20(2,3)25-19(24)23(15-16-9-5-4-6-10-16)14-13-22-18-12-8-7-11-17(18)21/h4-12,22H,13-15,21H2,1-3H3. The zero-order valence-electron chi connectivity index (χ0n) is 15.2. The van der Waals surface area contributed by atoms with E-state index >= 15 is 0 Å². The molecule has 0 spiro atoms. The van der Waals surface area contributed by atoms with Gasteiger partial charge in [0.25, 0.3) is 0 Å². The summed E-state index contributed by atoms with van der Waals surface area (Å²) in [7, 11) is 0. The number of benzene rings is 2. The highest BCUT2D eigenvalue weighted by molar-refractivity contribution is 5.68. The van der Waals surface area contributed by atoms with Crippen LogP contribution in [-0.2, 0) is 11.3 Å². The lowest BCUT2D eigenvalue weighted by Gasteiger charge is -2.27. The third-order valence-electron chi connectivity index (χ3n) is 3.53. The van der Waals surface area contributed by atoms with Gasteiger partial charge in [0.05, 0.1) is 11.4 Å². The Morgan fingerprint density at radius 3 is 2.36 bits per heavy atom. The summed E-state index contributed by atoms with van der Waals surface area (Å²) >= 11 is 0. The van der Waals surface area contributed by atoms with Crippen LogP contribution < -0.4 is 11.1 Å². The van der Waals surface area contributed by atoms with Crippen LogP contribution in [0.1, 0.15) is 26.3 Å². The van der Waals surface area contributed by atoms with E-state index in [4.69, 9.17) is 10.5 Å². The molecule has 0 bridgehead atoms. The van der Waals surface area contributed by atoms with Crippen molar-refractivity contribution in [1.82, 2.24) is 4.90 Å². The fourth-order valence-electron chi connectivity index (χ4n) is 2.35. The number of hydrogen-bond donors (Lipinski definition) is 2. The Labute approximate surface area is 149 Å². The smallest absolute Gasteiger partial charge is 0.410 e. The molecule has 0 fully saturated rings. The van der Waals surface area contributed by atoms with E-state index in [2.05, 4.69) is 5.32 Å². The third-order valence-corrected chi connectivity index (χ3v) is 3.53. The molecule has 0 atom stereocenters. The summed E-state index contributed by atoms with van der Waals surface area (Å²) in [4.78, 5) is 14.2. The van der Waals surface area contributed by atoms with E-state index in [0.29, 0.717) is 25.3 Å². The molecule has 0 aliphatic rings. The van der Waals surface area contributed by atoms with Crippen LogP contribution in [0.25, 0.3) is 0 Å². The summed E-state index contributed by atoms with van der Waals surface area (Å²) in [5.74, 6) is 0. The summed E-state index contributed by atoms with van der Waals surface area (Å²) in [6.07, 6.45) is -0.320. The molecule has 0 aromatic heterocycles. The van der Waals surface area contributed by atoms with Crippen LogP contribution >= 0.6 is 0 Å². The van der Waals surface area contributed by atoms with Gasteiger partial charge in [0, 0.05) is 19.6 Å². The van der Waals surface area contributed by atoms with Crippen molar-refractivity contribution in [3.05, 3.63) is 60.2 Å². The number of nitrogen functional groups attached to an aromatic ring is 1. The third kappa shape index (κ3) is 6.37. The second-order valence-corrected chi connectivity index (χ2v) is 6.90. The molecule has 134 valence electrons. The number of para-hydroxylation sites is 2. The minimum absolute atomic E-state index is 0.320. The van der Waals surface area contributed by atoms with Crippen LogP contribution in [0.15, 0.2) is 54.6 Å². The van der Waals surface area contributed by atoms with Gasteiger partial charge in [-0.05, 0) is 38.5 Å². The fourth-order valence-corrected chi connectivity index (χ4v) is 2.35. The monoisotopic (exact) mass is 341 g/mol. The molecular formula is C20H27N3O2. The first-order valence-electron chi connectivity index (χ1n) is 8.45. The molecule has 0 radical (unpaired) electrons. The molecule has 2 rings (SSSR count). The minimum atomic E-state index is -0.524. The van der Waals surface area contributed by atoms with Crippen molar-refractivity contribution < 1.29 is 9.53 Å². The Hall–Kier alpha value is -2.69. The number of carbonyl (C=O) groups is 1. The summed E-state index contributed by atoms with van der Waals surface area (Å²) in [5.41, 5.74) is 8.03. The maximum absolute atomic E-state index is 12.5. The van der Waals surface area contributed by atoms with E-state index in [1.54, 1.807) is 4.90 Å². The predicted octanol–water partition coefficient (Wildman–Crippen LogP) is 4.12. The van der Waals surface area contributed by atoms with Gasteiger partial charge >= 0.3 is 6.09 Å². The second kappa shape index (κ2) is 8.42. The molecular weight excluding hydrogens is 314 g/mol. The predicted molar refractivity (Wildman–Crippen MR) is 102 cm³/mol. The zero-order valence-corrected chi connectivity index (χ0v) is 15.2. The Morgan fingerprint density at radius 2 is 1.72 bits per heavy atom. The lowest BCUT2D eigenvalue weighted by atomic mass is 10.2. The van der Waals surface area contributed by atoms with Crippen molar-refractivity contribution in [1.29, 1.82) is 0 Å². The maximum atomic E-state index is 12.5. The Bertz CT molecular complexity index is 681. The Morgan fingerprint density at radius 1 is 1.08 bits per heavy atom. The molecule has 3 N–H and O–H groups in total. The van der Waals surface area contributed by atoms with E-state index < -0.39 is 5.60 Å². The average molecular weight is 341 g/mol. The average Bonchev–Trinajstić information content (AvgIpc) is 2.55. The fraction of sp³-hybridized carbons (Fsp3) is 0.350. The molecule has 1 amide bonds. The first-order chi connectivity index (χ1) is 11.8. The van der Waals surface area contributed by atoms with Gasteiger partial charge in [-0.1, -0.05) is 42.5 Å². The number of nitrogens with zero attached hydrogens (tertiary/aromatic N) is 1. The van der Waals surface area contributed by atoms with Crippen LogP contribution in [0, 0.1) is 0 Å². The van der Waals surface area contributed by atoms with Gasteiger partial charge in [0.15, 0.2) is 0 Å². The molecule has 0 saturated heterocycles. The number of amides is 1. The lowest BCUT2D eigenvalue weighted by molar-refractivity contribution is 0.0241. The Kier molecular flexibility index (Phi) is 6.28. The van der Waals surface area contributed by atoms with Gasteiger partial charge < -0.3 is 20.7 Å². The molecule has 0 heterocycles. The van der Waals surface area contributed by atoms with Crippen molar-refractivity contribution in [3.8, 4) is 0 Å². The molecule has 0 saturated carbocycles. The maximum Gasteiger partial charge on any atom is 0.410 e. The van der Waals surface area contributed by atoms with Crippen LogP contribution in [0.3, 0.4) is 0 Å². The molecule has 0 aliphatic heterocycles. The van der Waals surface area contributed by atoms with Gasteiger partial charge in [0.1, 0.15) is 5.60 Å². The number of anilines is 2. The lowest BCUT2D eigenvalue weighted by Crippen LogP contribution is -2.39. The largest absolute Gasteiger partial charge is 0.444 e. The van der Waals surface area contributed by atoms with Crippen molar-refractivity contribution in [2.24, 2.45) is 0 Å². The van der Waals surface area contributed by atoms with Crippen molar-refractivity contribution in [2.75, 3.05) is 24.1 Å². The summed E-state index contributed by atoms with van der Waals surface area (Å²) in [6, 6.07) is 17.5. The van der Waals surface area contributed by atoms with E-state index in [0.717, 1.165) is 11.3 Å². The van der Waals surface area contributed by atoms with Gasteiger partial charge in [-0.2, -0.15) is 0 Å². The second-order valence-electron chi connectivity index (χ2n) is 6.90. The number of ether oxygens (including phenoxy) is 1. The summed E-state index contributed by atoms with van der Waals surface area (Å²) in [5, 5.41) is 3.27. The van der Waals surface area contributed by atoms with Crippen molar-refractivity contribution in [3.63, 3.8) is 0 Å². The van der Waals surface area contributed by atoms with Gasteiger partial charge in [-0.15, -0.1) is 0 Å². The SMILES string of the molecule is CC(C)(C)OC(=O)N(CCNc1ccccc1N)Cc1ccccc1. The zero-order chi connectivity index (χ0) is 18.3. The highest BCUT2D eigenvalue weighted by atomic mass is 16.6. The quantitative estimate of drug-likeness (QED) is 0.776. The van der Waals surface area contributed by atoms with Gasteiger partial charge in [0.2, 0.25) is 0 Å². The molecule has 5 nitrogen and oxygen atoms in total. The molecule has 25 heavy (non-hydrogen) atoms. The molecule has 5 heteroatoms. The van der Waals surface area contributed by atoms with E-state index in [9.17, 15) is 4.79 Å². The number of hydrogen-bond acceptors (Lipinski definition) is 4. The normalized spacial score (nSPS) is 11.0. The Balaban J connectivity index is 2.00. The molecule has 2 aromatic rings. The number of nitrogens with two attached hydrogens (primary N) is 1. The minimum Gasteiger partial charge on any atom is -0.444 e.